The van der Waals surface area contributed by atoms with Crippen LogP contribution in [0.5, 0.6) is 5.75 Å². The smallest absolute Gasteiger partial charge is 0.251 e. The molecular weight excluding hydrogens is 424 g/mol. The van der Waals surface area contributed by atoms with Gasteiger partial charge in [-0.05, 0) is 48.7 Å². The molecular formula is C25H28N2O4S. The predicted molar refractivity (Wildman–Crippen MR) is 126 cm³/mol. The lowest BCUT2D eigenvalue weighted by Gasteiger charge is -2.13. The number of carbonyl (C=O) groups excluding carboxylic acids is 1. The number of ether oxygens (including phenoxy) is 1. The number of nitrogens with one attached hydrogen (secondary N) is 2. The zero-order valence-electron chi connectivity index (χ0n) is 18.2. The van der Waals surface area contributed by atoms with Crippen molar-refractivity contribution in [2.45, 2.75) is 38.8 Å². The van der Waals surface area contributed by atoms with Crippen molar-refractivity contribution in [3.63, 3.8) is 0 Å². The average molecular weight is 453 g/mol. The van der Waals surface area contributed by atoms with Gasteiger partial charge in [0.05, 0.1) is 5.75 Å². The minimum Gasteiger partial charge on any atom is -0.489 e. The third kappa shape index (κ3) is 7.21. The lowest BCUT2D eigenvalue weighted by atomic mass is 10.1. The lowest BCUT2D eigenvalue weighted by molar-refractivity contribution is 0.0950. The first-order chi connectivity index (χ1) is 15.3. The van der Waals surface area contributed by atoms with E-state index in [-0.39, 0.29) is 24.2 Å². The molecule has 0 atom stereocenters. The first kappa shape index (κ1) is 23.5. The van der Waals surface area contributed by atoms with Gasteiger partial charge in [-0.25, -0.2) is 13.1 Å². The van der Waals surface area contributed by atoms with Gasteiger partial charge in [-0.15, -0.1) is 0 Å². The third-order valence-corrected chi connectivity index (χ3v) is 6.18. The Morgan fingerprint density at radius 3 is 2.31 bits per heavy atom. The van der Waals surface area contributed by atoms with Gasteiger partial charge in [0, 0.05) is 18.2 Å². The van der Waals surface area contributed by atoms with Crippen LogP contribution < -0.4 is 14.8 Å². The van der Waals surface area contributed by atoms with Gasteiger partial charge in [0.1, 0.15) is 12.4 Å². The Hall–Kier alpha value is -3.16. The zero-order valence-corrected chi connectivity index (χ0v) is 19.1. The van der Waals surface area contributed by atoms with Gasteiger partial charge in [0.25, 0.3) is 5.91 Å². The molecule has 2 N–H and O–H groups in total. The van der Waals surface area contributed by atoms with Crippen LogP contribution in [-0.2, 0) is 28.9 Å². The van der Waals surface area contributed by atoms with Crippen LogP contribution in [0, 0.1) is 0 Å². The lowest BCUT2D eigenvalue weighted by Crippen LogP contribution is -2.31. The molecule has 0 saturated heterocycles. The summed E-state index contributed by atoms with van der Waals surface area (Å²) in [7, 11) is -3.46. The molecule has 3 aromatic carbocycles. The monoisotopic (exact) mass is 452 g/mol. The maximum Gasteiger partial charge on any atom is 0.251 e. The highest BCUT2D eigenvalue weighted by molar-refractivity contribution is 7.88. The van der Waals surface area contributed by atoms with Crippen molar-refractivity contribution in [2.24, 2.45) is 0 Å². The second kappa shape index (κ2) is 10.9. The molecule has 32 heavy (non-hydrogen) atoms. The van der Waals surface area contributed by atoms with Crippen LogP contribution >= 0.6 is 0 Å². The van der Waals surface area contributed by atoms with Crippen molar-refractivity contribution in [1.82, 2.24) is 10.0 Å². The Bertz CT molecular complexity index is 1150. The normalized spacial score (nSPS) is 11.3. The molecule has 7 heteroatoms. The second-order valence-electron chi connectivity index (χ2n) is 7.79. The molecule has 0 radical (unpaired) electrons. The number of carbonyl (C=O) groups is 1. The van der Waals surface area contributed by atoms with Crippen LogP contribution in [0.25, 0.3) is 0 Å². The maximum absolute atomic E-state index is 12.7. The quantitative estimate of drug-likeness (QED) is 0.487. The second-order valence-corrected chi connectivity index (χ2v) is 9.54. The molecule has 0 aromatic heterocycles. The summed E-state index contributed by atoms with van der Waals surface area (Å²) in [4.78, 5) is 12.7. The summed E-state index contributed by atoms with van der Waals surface area (Å²) in [5.74, 6) is 0.209. The number of rotatable bonds is 10. The minimum absolute atomic E-state index is 0.139. The molecule has 1 amide bonds. The van der Waals surface area contributed by atoms with Crippen LogP contribution in [0.1, 0.15) is 40.9 Å². The predicted octanol–water partition coefficient (Wildman–Crippen LogP) is 4.02. The van der Waals surface area contributed by atoms with E-state index in [4.69, 9.17) is 4.74 Å². The maximum atomic E-state index is 12.7. The molecule has 168 valence electrons. The molecule has 0 aliphatic carbocycles. The van der Waals surface area contributed by atoms with Crippen LogP contribution in [-0.4, -0.2) is 20.4 Å². The van der Waals surface area contributed by atoms with Gasteiger partial charge in [-0.3, -0.25) is 4.79 Å². The number of amides is 1. The van der Waals surface area contributed by atoms with E-state index < -0.39 is 10.0 Å². The molecule has 3 rings (SSSR count). The van der Waals surface area contributed by atoms with Crippen LogP contribution in [0.15, 0.2) is 78.9 Å². The van der Waals surface area contributed by atoms with E-state index in [1.807, 2.05) is 48.5 Å². The van der Waals surface area contributed by atoms with Gasteiger partial charge in [0.15, 0.2) is 0 Å². The van der Waals surface area contributed by atoms with E-state index in [2.05, 4.69) is 10.0 Å². The largest absolute Gasteiger partial charge is 0.489 e. The van der Waals surface area contributed by atoms with Crippen molar-refractivity contribution in [3.8, 4) is 5.75 Å². The standard InChI is InChI=1S/C25H28N2O4S/c1-19(2)27-32(29,30)18-23-12-7-6-11-22(23)16-26-25(28)21-13-8-14-24(15-21)31-17-20-9-4-3-5-10-20/h3-15,19,27H,16-18H2,1-2H3,(H,26,28). The SMILES string of the molecule is CC(C)NS(=O)(=O)Cc1ccccc1CNC(=O)c1cccc(OCc2ccccc2)c1. The first-order valence-electron chi connectivity index (χ1n) is 10.4. The summed E-state index contributed by atoms with van der Waals surface area (Å²) in [6, 6.07) is 23.8. The van der Waals surface area contributed by atoms with E-state index in [0.717, 1.165) is 11.1 Å². The summed E-state index contributed by atoms with van der Waals surface area (Å²) < 4.78 is 33.0. The molecule has 0 bridgehead atoms. The van der Waals surface area contributed by atoms with Crippen molar-refractivity contribution in [1.29, 1.82) is 0 Å². The topological polar surface area (TPSA) is 84.5 Å². The summed E-state index contributed by atoms with van der Waals surface area (Å²) in [6.07, 6.45) is 0. The van der Waals surface area contributed by atoms with E-state index in [9.17, 15) is 13.2 Å². The first-order valence-corrected chi connectivity index (χ1v) is 12.1. The van der Waals surface area contributed by atoms with Gasteiger partial charge in [-0.2, -0.15) is 0 Å². The van der Waals surface area contributed by atoms with Gasteiger partial charge >= 0.3 is 0 Å². The van der Waals surface area contributed by atoms with Crippen LogP contribution in [0.4, 0.5) is 0 Å². The highest BCUT2D eigenvalue weighted by Crippen LogP contribution is 2.16. The number of hydrogen-bond donors (Lipinski definition) is 2. The number of hydrogen-bond acceptors (Lipinski definition) is 4. The molecule has 0 unspecified atom stereocenters. The fraction of sp³-hybridized carbons (Fsp3) is 0.240. The molecule has 6 nitrogen and oxygen atoms in total. The average Bonchev–Trinajstić information content (AvgIpc) is 2.76. The van der Waals surface area contributed by atoms with Crippen LogP contribution in [0.2, 0.25) is 0 Å². The Morgan fingerprint density at radius 1 is 0.906 bits per heavy atom. The van der Waals surface area contributed by atoms with Gasteiger partial charge in [-0.1, -0.05) is 60.7 Å². The third-order valence-electron chi connectivity index (χ3n) is 4.66. The van der Waals surface area contributed by atoms with E-state index in [0.29, 0.717) is 23.5 Å². The fourth-order valence-corrected chi connectivity index (χ4v) is 4.71. The summed E-state index contributed by atoms with van der Waals surface area (Å²) >= 11 is 0. The molecule has 0 spiro atoms. The van der Waals surface area contributed by atoms with E-state index in [1.165, 1.54) is 0 Å². The van der Waals surface area contributed by atoms with E-state index >= 15 is 0 Å². The minimum atomic E-state index is -3.46. The van der Waals surface area contributed by atoms with Gasteiger partial charge < -0.3 is 10.1 Å². The molecule has 0 aliphatic heterocycles. The Balaban J connectivity index is 1.62. The van der Waals surface area contributed by atoms with Crippen molar-refractivity contribution in [3.05, 3.63) is 101 Å². The molecule has 0 fully saturated rings. The summed E-state index contributed by atoms with van der Waals surface area (Å²) in [5, 5.41) is 2.87. The Kier molecular flexibility index (Phi) is 8.03. The number of sulfonamides is 1. The summed E-state index contributed by atoms with van der Waals surface area (Å²) in [6.45, 7) is 4.20. The Labute approximate surface area is 189 Å². The highest BCUT2D eigenvalue weighted by Gasteiger charge is 2.16. The summed E-state index contributed by atoms with van der Waals surface area (Å²) in [5.41, 5.74) is 2.93. The Morgan fingerprint density at radius 2 is 1.59 bits per heavy atom. The molecule has 3 aromatic rings. The fourth-order valence-electron chi connectivity index (χ4n) is 3.22. The van der Waals surface area contributed by atoms with Crippen molar-refractivity contribution >= 4 is 15.9 Å². The highest BCUT2D eigenvalue weighted by atomic mass is 32.2. The van der Waals surface area contributed by atoms with Crippen molar-refractivity contribution in [2.75, 3.05) is 0 Å². The van der Waals surface area contributed by atoms with Crippen molar-refractivity contribution < 1.29 is 17.9 Å². The van der Waals surface area contributed by atoms with Crippen LogP contribution in [0.3, 0.4) is 0 Å². The molecule has 0 aliphatic rings. The zero-order chi connectivity index (χ0) is 23.0. The van der Waals surface area contributed by atoms with E-state index in [1.54, 1.807) is 44.2 Å². The molecule has 0 saturated carbocycles. The number of benzene rings is 3. The van der Waals surface area contributed by atoms with Gasteiger partial charge in [0.2, 0.25) is 10.0 Å². The molecule has 0 heterocycles.